The van der Waals surface area contributed by atoms with Gasteiger partial charge in [0.1, 0.15) is 28.1 Å². The van der Waals surface area contributed by atoms with Crippen LogP contribution in [-0.4, -0.2) is 0 Å². The van der Waals surface area contributed by atoms with Gasteiger partial charge in [-0.1, -0.05) is 66.7 Å². The maximum absolute atomic E-state index is 6.47. The Morgan fingerprint density at radius 1 is 0.490 bits per heavy atom. The van der Waals surface area contributed by atoms with Crippen LogP contribution in [0.15, 0.2) is 154 Å². The van der Waals surface area contributed by atoms with E-state index >= 15 is 0 Å². The monoisotopic (exact) mass is 650 g/mol. The molecule has 49 heavy (non-hydrogen) atoms. The van der Waals surface area contributed by atoms with Crippen molar-refractivity contribution in [1.29, 1.82) is 0 Å². The second kappa shape index (κ2) is 10.1. The average Bonchev–Trinajstić information content (AvgIpc) is 3.92. The molecule has 0 spiro atoms. The smallest absolute Gasteiger partial charge is 0.196 e. The fourth-order valence-corrected chi connectivity index (χ4v) is 8.52. The normalized spacial score (nSPS) is 14.2. The van der Waals surface area contributed by atoms with Crippen molar-refractivity contribution in [3.05, 3.63) is 151 Å². The summed E-state index contributed by atoms with van der Waals surface area (Å²) in [4.78, 5) is 2.31. The highest BCUT2D eigenvalue weighted by Gasteiger charge is 2.28. The first-order chi connectivity index (χ1) is 24.2. The minimum atomic E-state index is -0.322. The highest BCUT2D eigenvalue weighted by atomic mass is 32.1. The number of ether oxygens (including phenoxy) is 1. The van der Waals surface area contributed by atoms with Crippen molar-refractivity contribution in [2.45, 2.75) is 6.23 Å². The van der Waals surface area contributed by atoms with Gasteiger partial charge in [0.15, 0.2) is 6.23 Å². The zero-order chi connectivity index (χ0) is 32.1. The topological polar surface area (TPSA) is 50.8 Å². The van der Waals surface area contributed by atoms with E-state index in [1.807, 2.05) is 53.8 Å². The lowest BCUT2D eigenvalue weighted by Crippen LogP contribution is -2.12. The highest BCUT2D eigenvalue weighted by molar-refractivity contribution is 7.25. The molecule has 0 saturated carbocycles. The molecule has 11 rings (SSSR count). The molecule has 1 aliphatic rings. The van der Waals surface area contributed by atoms with Crippen LogP contribution in [0.2, 0.25) is 0 Å². The molecule has 0 aliphatic carbocycles. The molecule has 0 bridgehead atoms. The van der Waals surface area contributed by atoms with Crippen molar-refractivity contribution in [2.75, 3.05) is 10.2 Å². The lowest BCUT2D eigenvalue weighted by Gasteiger charge is -2.26. The third kappa shape index (κ3) is 4.04. The van der Waals surface area contributed by atoms with Crippen molar-refractivity contribution in [1.82, 2.24) is 0 Å². The maximum Gasteiger partial charge on any atom is 0.196 e. The zero-order valence-corrected chi connectivity index (χ0v) is 26.8. The number of fused-ring (bicyclic) bond motifs is 11. The van der Waals surface area contributed by atoms with Crippen LogP contribution in [0.25, 0.3) is 64.0 Å². The van der Waals surface area contributed by atoms with E-state index in [0.717, 1.165) is 77.9 Å². The molecule has 0 saturated heterocycles. The molecule has 4 heterocycles. The summed E-state index contributed by atoms with van der Waals surface area (Å²) in [7, 11) is 0. The summed E-state index contributed by atoms with van der Waals surface area (Å²) in [6.07, 6.45) is -0.322. The largest absolute Gasteiger partial charge is 0.464 e. The molecular formula is C43H26N2O3S. The molecule has 10 aromatic rings. The van der Waals surface area contributed by atoms with E-state index in [2.05, 4.69) is 113 Å². The molecule has 1 atom stereocenters. The van der Waals surface area contributed by atoms with E-state index in [-0.39, 0.29) is 6.23 Å². The van der Waals surface area contributed by atoms with E-state index in [0.29, 0.717) is 0 Å². The van der Waals surface area contributed by atoms with Crippen molar-refractivity contribution in [3.63, 3.8) is 0 Å². The van der Waals surface area contributed by atoms with Crippen LogP contribution in [0.4, 0.5) is 22.7 Å². The number of nitrogens with zero attached hydrogens (tertiary/aromatic N) is 1. The van der Waals surface area contributed by atoms with Crippen molar-refractivity contribution >= 4 is 98.1 Å². The van der Waals surface area contributed by atoms with E-state index in [4.69, 9.17) is 13.6 Å². The summed E-state index contributed by atoms with van der Waals surface area (Å²) in [5.41, 5.74) is 8.61. The van der Waals surface area contributed by atoms with Gasteiger partial charge < -0.3 is 23.8 Å². The number of para-hydroxylation sites is 2. The van der Waals surface area contributed by atoms with Gasteiger partial charge in [0.05, 0.1) is 11.1 Å². The molecule has 3 aromatic heterocycles. The van der Waals surface area contributed by atoms with E-state index in [1.54, 1.807) is 0 Å². The Kier molecular flexibility index (Phi) is 5.54. The summed E-state index contributed by atoms with van der Waals surface area (Å²) < 4.78 is 21.5. The minimum absolute atomic E-state index is 0.322. The predicted octanol–water partition coefficient (Wildman–Crippen LogP) is 12.8. The first-order valence-corrected chi connectivity index (χ1v) is 17.2. The summed E-state index contributed by atoms with van der Waals surface area (Å²) in [6, 6.07) is 50.9. The van der Waals surface area contributed by atoms with Crippen molar-refractivity contribution in [2.24, 2.45) is 0 Å². The minimum Gasteiger partial charge on any atom is -0.464 e. The molecule has 1 unspecified atom stereocenters. The average molecular weight is 651 g/mol. The number of hydrogen-bond donors (Lipinski definition) is 1. The Labute approximate surface area is 284 Å². The number of anilines is 4. The van der Waals surface area contributed by atoms with Gasteiger partial charge in [0, 0.05) is 65.0 Å². The van der Waals surface area contributed by atoms with Crippen LogP contribution >= 0.6 is 11.3 Å². The Hall–Kier alpha value is -6.24. The molecule has 1 N–H and O–H groups in total. The summed E-state index contributed by atoms with van der Waals surface area (Å²) in [6.45, 7) is 0. The molecule has 0 radical (unpaired) electrons. The van der Waals surface area contributed by atoms with Gasteiger partial charge in [-0.15, -0.1) is 11.3 Å². The third-order valence-corrected chi connectivity index (χ3v) is 10.9. The first kappa shape index (κ1) is 26.8. The van der Waals surface area contributed by atoms with Gasteiger partial charge in [0.25, 0.3) is 0 Å². The molecule has 232 valence electrons. The number of rotatable bonds is 4. The van der Waals surface area contributed by atoms with Crippen LogP contribution in [0, 0.1) is 0 Å². The molecule has 0 fully saturated rings. The van der Waals surface area contributed by atoms with Crippen LogP contribution in [0.5, 0.6) is 5.75 Å². The fraction of sp³-hybridized carbons (Fsp3) is 0.0233. The van der Waals surface area contributed by atoms with Crippen LogP contribution in [-0.2, 0) is 0 Å². The maximum atomic E-state index is 6.47. The molecule has 6 heteroatoms. The quantitative estimate of drug-likeness (QED) is 0.205. The second-order valence-corrected chi connectivity index (χ2v) is 13.6. The van der Waals surface area contributed by atoms with Gasteiger partial charge in [-0.05, 0) is 72.8 Å². The highest BCUT2D eigenvalue weighted by Crippen LogP contribution is 2.47. The lowest BCUT2D eigenvalue weighted by atomic mass is 10.1. The number of thiophene rings is 1. The number of benzene rings is 7. The van der Waals surface area contributed by atoms with Crippen molar-refractivity contribution < 1.29 is 13.6 Å². The van der Waals surface area contributed by atoms with Gasteiger partial charge in [-0.3, -0.25) is 0 Å². The molecule has 7 aromatic carbocycles. The number of nitrogens with one attached hydrogen (secondary N) is 1. The van der Waals surface area contributed by atoms with Gasteiger partial charge >= 0.3 is 0 Å². The molecule has 0 amide bonds. The Bertz CT molecular complexity index is 2920. The summed E-state index contributed by atoms with van der Waals surface area (Å²) in [5.74, 6) is 0.824. The Morgan fingerprint density at radius 3 is 2.02 bits per heavy atom. The second-order valence-electron chi connectivity index (χ2n) is 12.5. The standard InChI is InChI=1S/C43H26N2O3S/c1-4-10-34-29(7-1)30-19-17-28(24-38(30)47-34)45(27-18-22-40-33(23-27)31-8-3-6-12-39(31)49-40)26-15-13-25(14-16-26)43-44-42-37(48-43)21-20-36-41(42)32-9-2-5-11-35(32)46-36/h1-24,43-44H. The summed E-state index contributed by atoms with van der Waals surface area (Å²) in [5, 5.41) is 10.5. The fourth-order valence-electron chi connectivity index (χ4n) is 7.43. The van der Waals surface area contributed by atoms with E-state index < -0.39 is 0 Å². The number of hydrogen-bond acceptors (Lipinski definition) is 6. The first-order valence-electron chi connectivity index (χ1n) is 16.4. The van der Waals surface area contributed by atoms with Crippen molar-refractivity contribution in [3.8, 4) is 5.75 Å². The van der Waals surface area contributed by atoms with Gasteiger partial charge in [0.2, 0.25) is 0 Å². The molecule has 1 aliphatic heterocycles. The van der Waals surface area contributed by atoms with Crippen LogP contribution in [0.3, 0.4) is 0 Å². The number of furan rings is 2. The van der Waals surface area contributed by atoms with E-state index in [9.17, 15) is 0 Å². The van der Waals surface area contributed by atoms with Gasteiger partial charge in [-0.25, -0.2) is 0 Å². The summed E-state index contributed by atoms with van der Waals surface area (Å²) >= 11 is 1.83. The Balaban J connectivity index is 1.01. The molecule has 5 nitrogen and oxygen atoms in total. The van der Waals surface area contributed by atoms with Gasteiger partial charge in [-0.2, -0.15) is 0 Å². The van der Waals surface area contributed by atoms with Crippen LogP contribution in [0.1, 0.15) is 11.8 Å². The molecular weight excluding hydrogens is 625 g/mol. The van der Waals surface area contributed by atoms with Crippen LogP contribution < -0.4 is 15.0 Å². The Morgan fingerprint density at radius 2 is 1.14 bits per heavy atom. The lowest BCUT2D eigenvalue weighted by molar-refractivity contribution is 0.260. The predicted molar refractivity (Wildman–Crippen MR) is 202 cm³/mol. The third-order valence-electron chi connectivity index (χ3n) is 9.72. The van der Waals surface area contributed by atoms with E-state index in [1.165, 1.54) is 20.2 Å². The zero-order valence-electron chi connectivity index (χ0n) is 26.0. The SMILES string of the molecule is c1ccc2c(c1)oc1cc(N(c3ccc(C4Nc5c(ccc6oc7ccccc7c56)O4)cc3)c3ccc4sc5ccccc5c4c3)ccc12.